The van der Waals surface area contributed by atoms with Gasteiger partial charge in [-0.1, -0.05) is 24.3 Å². The lowest BCUT2D eigenvalue weighted by atomic mass is 10.1. The fraction of sp³-hybridized carbons (Fsp3) is 0.467. The van der Waals surface area contributed by atoms with Gasteiger partial charge in [0.05, 0.1) is 19.6 Å². The standard InChI is InChI=1S/C15H19NO4/c1-10-5-3-4-6-11(10)7-14(18)16-9-12(17)8-13(16)15(19)20-2/h3-6,12-13,17H,7-9H2,1-2H3. The van der Waals surface area contributed by atoms with Gasteiger partial charge in [-0.05, 0) is 18.1 Å². The van der Waals surface area contributed by atoms with E-state index in [1.54, 1.807) is 0 Å². The van der Waals surface area contributed by atoms with Gasteiger partial charge in [0.15, 0.2) is 0 Å². The predicted octanol–water partition coefficient (Wildman–Crippen LogP) is 0.672. The van der Waals surface area contributed by atoms with Crippen molar-refractivity contribution in [3.05, 3.63) is 35.4 Å². The minimum atomic E-state index is -0.675. The second-order valence-corrected chi connectivity index (χ2v) is 5.08. The van der Waals surface area contributed by atoms with Crippen molar-refractivity contribution in [2.75, 3.05) is 13.7 Å². The molecule has 1 fully saturated rings. The molecule has 2 atom stereocenters. The maximum absolute atomic E-state index is 12.4. The normalized spacial score (nSPS) is 21.9. The number of hydrogen-bond donors (Lipinski definition) is 1. The minimum Gasteiger partial charge on any atom is -0.467 e. The Bertz CT molecular complexity index is 514. The number of aliphatic hydroxyl groups excluding tert-OH is 1. The number of hydrogen-bond acceptors (Lipinski definition) is 4. The third kappa shape index (κ3) is 2.99. The van der Waals surface area contributed by atoms with Crippen molar-refractivity contribution in [3.8, 4) is 0 Å². The van der Waals surface area contributed by atoms with Gasteiger partial charge in [0.2, 0.25) is 5.91 Å². The van der Waals surface area contributed by atoms with E-state index in [4.69, 9.17) is 4.74 Å². The van der Waals surface area contributed by atoms with Crippen molar-refractivity contribution in [1.29, 1.82) is 0 Å². The van der Waals surface area contributed by atoms with Gasteiger partial charge >= 0.3 is 5.97 Å². The van der Waals surface area contributed by atoms with Crippen molar-refractivity contribution in [1.82, 2.24) is 4.90 Å². The highest BCUT2D eigenvalue weighted by Gasteiger charge is 2.39. The number of β-amino-alcohol motifs (C(OH)–C–C–N with tert-alkyl or cyclic N) is 1. The van der Waals surface area contributed by atoms with Crippen LogP contribution in [0.2, 0.25) is 0 Å². The number of ether oxygens (including phenoxy) is 1. The van der Waals surface area contributed by atoms with E-state index in [-0.39, 0.29) is 25.3 Å². The third-order valence-electron chi connectivity index (χ3n) is 3.68. The summed E-state index contributed by atoms with van der Waals surface area (Å²) in [4.78, 5) is 25.4. The number of aryl methyl sites for hydroxylation is 1. The maximum Gasteiger partial charge on any atom is 0.328 e. The Hall–Kier alpha value is -1.88. The van der Waals surface area contributed by atoms with Crippen LogP contribution in [0, 0.1) is 6.92 Å². The van der Waals surface area contributed by atoms with Gasteiger partial charge in [-0.25, -0.2) is 4.79 Å². The maximum atomic E-state index is 12.4. The van der Waals surface area contributed by atoms with E-state index in [1.807, 2.05) is 31.2 Å². The quantitative estimate of drug-likeness (QED) is 0.825. The number of nitrogens with zero attached hydrogens (tertiary/aromatic N) is 1. The number of carbonyl (C=O) groups excluding carboxylic acids is 2. The Kier molecular flexibility index (Phi) is 4.39. The van der Waals surface area contributed by atoms with E-state index in [0.717, 1.165) is 11.1 Å². The molecule has 0 radical (unpaired) electrons. The summed E-state index contributed by atoms with van der Waals surface area (Å²) in [7, 11) is 1.29. The van der Waals surface area contributed by atoms with E-state index in [2.05, 4.69) is 0 Å². The summed E-state index contributed by atoms with van der Waals surface area (Å²) in [5.74, 6) is -0.633. The number of esters is 1. The molecule has 2 unspecified atom stereocenters. The highest BCUT2D eigenvalue weighted by Crippen LogP contribution is 2.21. The lowest BCUT2D eigenvalue weighted by Gasteiger charge is -2.22. The number of rotatable bonds is 3. The van der Waals surface area contributed by atoms with Crippen LogP contribution in [0.3, 0.4) is 0 Å². The summed E-state index contributed by atoms with van der Waals surface area (Å²) in [6.07, 6.45) is -0.195. The van der Waals surface area contributed by atoms with Gasteiger partial charge in [0.1, 0.15) is 6.04 Å². The van der Waals surface area contributed by atoms with Crippen molar-refractivity contribution < 1.29 is 19.4 Å². The van der Waals surface area contributed by atoms with Crippen LogP contribution in [0.1, 0.15) is 17.5 Å². The summed E-state index contributed by atoms with van der Waals surface area (Å²) >= 11 is 0. The monoisotopic (exact) mass is 277 g/mol. The van der Waals surface area contributed by atoms with Crippen LogP contribution in [0.5, 0.6) is 0 Å². The average Bonchev–Trinajstić information content (AvgIpc) is 2.82. The number of amides is 1. The average molecular weight is 277 g/mol. The lowest BCUT2D eigenvalue weighted by molar-refractivity contribution is -0.150. The molecule has 1 amide bonds. The van der Waals surface area contributed by atoms with Gasteiger partial charge < -0.3 is 14.7 Å². The van der Waals surface area contributed by atoms with Crippen LogP contribution in [-0.2, 0) is 20.7 Å². The summed E-state index contributed by atoms with van der Waals surface area (Å²) < 4.78 is 4.69. The largest absolute Gasteiger partial charge is 0.467 e. The number of benzene rings is 1. The number of likely N-dealkylation sites (tertiary alicyclic amines) is 1. The third-order valence-corrected chi connectivity index (χ3v) is 3.68. The molecule has 1 aliphatic rings. The SMILES string of the molecule is COC(=O)C1CC(O)CN1C(=O)Cc1ccccc1C. The van der Waals surface area contributed by atoms with Crippen molar-refractivity contribution >= 4 is 11.9 Å². The summed E-state index contributed by atoms with van der Waals surface area (Å²) in [6, 6.07) is 6.96. The first-order chi connectivity index (χ1) is 9.52. The second-order valence-electron chi connectivity index (χ2n) is 5.08. The summed E-state index contributed by atoms with van der Waals surface area (Å²) in [6.45, 7) is 2.13. The first kappa shape index (κ1) is 14.5. The molecule has 5 heteroatoms. The molecular formula is C15H19NO4. The molecule has 0 aliphatic carbocycles. The zero-order valence-electron chi connectivity index (χ0n) is 11.7. The van der Waals surface area contributed by atoms with Crippen molar-refractivity contribution in [2.45, 2.75) is 31.9 Å². The van der Waals surface area contributed by atoms with Crippen LogP contribution in [0.4, 0.5) is 0 Å². The molecule has 5 nitrogen and oxygen atoms in total. The zero-order valence-corrected chi connectivity index (χ0v) is 11.7. The Labute approximate surface area is 118 Å². The van der Waals surface area contributed by atoms with Gasteiger partial charge in [0.25, 0.3) is 0 Å². The van der Waals surface area contributed by atoms with Crippen LogP contribution >= 0.6 is 0 Å². The molecule has 108 valence electrons. The van der Waals surface area contributed by atoms with Crippen molar-refractivity contribution in [2.24, 2.45) is 0 Å². The molecule has 0 saturated carbocycles. The van der Waals surface area contributed by atoms with E-state index in [9.17, 15) is 14.7 Å². The lowest BCUT2D eigenvalue weighted by Crippen LogP contribution is -2.42. The molecule has 1 aromatic rings. The van der Waals surface area contributed by atoms with Crippen LogP contribution in [0.15, 0.2) is 24.3 Å². The van der Waals surface area contributed by atoms with Gasteiger partial charge in [-0.2, -0.15) is 0 Å². The molecule has 0 bridgehead atoms. The van der Waals surface area contributed by atoms with Crippen LogP contribution in [-0.4, -0.2) is 47.7 Å². The predicted molar refractivity (Wildman–Crippen MR) is 73.0 cm³/mol. The number of methoxy groups -OCH3 is 1. The minimum absolute atomic E-state index is 0.161. The Morgan fingerprint density at radius 1 is 1.40 bits per heavy atom. The molecular weight excluding hydrogens is 258 g/mol. The van der Waals surface area contributed by atoms with Crippen LogP contribution < -0.4 is 0 Å². The highest BCUT2D eigenvalue weighted by atomic mass is 16.5. The van der Waals surface area contributed by atoms with E-state index < -0.39 is 18.1 Å². The number of carbonyl (C=O) groups is 2. The molecule has 1 aromatic carbocycles. The van der Waals surface area contributed by atoms with E-state index in [0.29, 0.717) is 0 Å². The molecule has 1 saturated heterocycles. The van der Waals surface area contributed by atoms with Crippen LogP contribution in [0.25, 0.3) is 0 Å². The highest BCUT2D eigenvalue weighted by molar-refractivity contribution is 5.86. The summed E-state index contributed by atoms with van der Waals surface area (Å²) in [5, 5.41) is 9.68. The van der Waals surface area contributed by atoms with E-state index >= 15 is 0 Å². The second kappa shape index (κ2) is 6.05. The van der Waals surface area contributed by atoms with Gasteiger partial charge in [-0.15, -0.1) is 0 Å². The molecule has 1 aliphatic heterocycles. The topological polar surface area (TPSA) is 66.8 Å². The zero-order chi connectivity index (χ0) is 14.7. The fourth-order valence-corrected chi connectivity index (χ4v) is 2.52. The summed E-state index contributed by atoms with van der Waals surface area (Å²) in [5.41, 5.74) is 1.97. The molecule has 1 N–H and O–H groups in total. The Morgan fingerprint density at radius 2 is 2.10 bits per heavy atom. The van der Waals surface area contributed by atoms with Gasteiger partial charge in [-0.3, -0.25) is 4.79 Å². The molecule has 1 heterocycles. The Morgan fingerprint density at radius 3 is 2.75 bits per heavy atom. The van der Waals surface area contributed by atoms with E-state index in [1.165, 1.54) is 12.0 Å². The fourth-order valence-electron chi connectivity index (χ4n) is 2.52. The van der Waals surface area contributed by atoms with Gasteiger partial charge in [0, 0.05) is 13.0 Å². The number of aliphatic hydroxyl groups is 1. The first-order valence-electron chi connectivity index (χ1n) is 6.62. The molecule has 20 heavy (non-hydrogen) atoms. The van der Waals surface area contributed by atoms with Crippen molar-refractivity contribution in [3.63, 3.8) is 0 Å². The molecule has 0 spiro atoms. The molecule has 0 aromatic heterocycles. The molecule has 2 rings (SSSR count). The smallest absolute Gasteiger partial charge is 0.328 e. The first-order valence-corrected chi connectivity index (χ1v) is 6.62. The Balaban J connectivity index is 2.11.